The molecular weight excluding hydrogens is 912 g/mol. The van der Waals surface area contributed by atoms with E-state index in [-0.39, 0.29) is 26.5 Å². The van der Waals surface area contributed by atoms with E-state index in [2.05, 4.69) is 205 Å². The van der Waals surface area contributed by atoms with Gasteiger partial charge in [-0.1, -0.05) is 98.2 Å². The van der Waals surface area contributed by atoms with E-state index < -0.39 is 5.41 Å². The summed E-state index contributed by atoms with van der Waals surface area (Å²) in [5.41, 5.74) is 11.4. The predicted octanol–water partition coefficient (Wildman–Crippen LogP) is 13.3. The Labute approximate surface area is 368 Å². The molecule has 1 aliphatic heterocycles. The van der Waals surface area contributed by atoms with Gasteiger partial charge in [0, 0.05) is 55.3 Å². The molecule has 2 aromatic heterocycles. The van der Waals surface area contributed by atoms with E-state index in [9.17, 15) is 0 Å². The third-order valence-electron chi connectivity index (χ3n) is 14.8. The Bertz CT molecular complexity index is 2850. The maximum Gasteiger partial charge on any atom is 0.135 e. The zero-order chi connectivity index (χ0) is 39.3. The number of nitrogens with zero attached hydrogens (tertiary/aromatic N) is 4. The molecule has 60 heavy (non-hydrogen) atoms. The first-order valence-electron chi connectivity index (χ1n) is 21.6. The number of aromatic nitrogens is 2. The molecule has 300 valence electrons. The third-order valence-corrected chi connectivity index (χ3v) is 14.8. The summed E-state index contributed by atoms with van der Waals surface area (Å²) in [6.45, 7) is 6.80. The number of anilines is 4. The van der Waals surface area contributed by atoms with Gasteiger partial charge in [0.25, 0.3) is 0 Å². The van der Waals surface area contributed by atoms with E-state index in [4.69, 9.17) is 4.98 Å². The zero-order valence-electron chi connectivity index (χ0n) is 34.0. The van der Waals surface area contributed by atoms with Gasteiger partial charge in [0.2, 0.25) is 0 Å². The van der Waals surface area contributed by atoms with Crippen LogP contribution < -0.4 is 9.80 Å². The second-order valence-electron chi connectivity index (χ2n) is 18.2. The van der Waals surface area contributed by atoms with Crippen molar-refractivity contribution in [3.8, 4) is 5.82 Å². The molecule has 4 aliphatic carbocycles. The largest absolute Gasteiger partial charge is 0.493 e. The van der Waals surface area contributed by atoms with Crippen molar-refractivity contribution in [2.45, 2.75) is 56.8 Å². The molecule has 5 aliphatic rings. The molecule has 0 atom stereocenters. The van der Waals surface area contributed by atoms with Gasteiger partial charge >= 0.3 is 0 Å². The molecule has 0 saturated heterocycles. The second kappa shape index (κ2) is 14.3. The van der Waals surface area contributed by atoms with Crippen LogP contribution in [0.4, 0.5) is 22.7 Å². The average molecular weight is 959 g/mol. The van der Waals surface area contributed by atoms with E-state index in [1.807, 2.05) is 0 Å². The summed E-state index contributed by atoms with van der Waals surface area (Å²) >= 11 is 0. The van der Waals surface area contributed by atoms with Crippen molar-refractivity contribution in [2.24, 2.45) is 23.7 Å². The number of fused-ring (bicyclic) bond motifs is 4. The molecule has 13 rings (SSSR count). The van der Waals surface area contributed by atoms with Crippen LogP contribution in [0.1, 0.15) is 68.2 Å². The van der Waals surface area contributed by atoms with E-state index in [0.717, 1.165) is 62.6 Å². The molecular formula is C55H47N4Pt-3. The molecule has 5 heteroatoms. The van der Waals surface area contributed by atoms with Crippen molar-refractivity contribution in [1.82, 2.24) is 9.55 Å². The third kappa shape index (κ3) is 5.63. The Hall–Kier alpha value is -5.44. The van der Waals surface area contributed by atoms with E-state index in [0.29, 0.717) is 11.8 Å². The van der Waals surface area contributed by atoms with Gasteiger partial charge in [0.1, 0.15) is 5.82 Å². The van der Waals surface area contributed by atoms with Crippen LogP contribution in [-0.2, 0) is 31.9 Å². The summed E-state index contributed by atoms with van der Waals surface area (Å²) in [5, 5.41) is 2.42. The van der Waals surface area contributed by atoms with Crippen molar-refractivity contribution in [1.29, 1.82) is 0 Å². The van der Waals surface area contributed by atoms with Gasteiger partial charge in [-0.25, -0.2) is 4.98 Å². The SMILES string of the molecule is CC(C)(c1[c-]c(N2[CH-]N(c3ccccc3)c3ccccc32)ccc1)c1[c-]c2c(cc1)c1ccccc1n2-c1cc(C2(c3ccccc3)C3CC4CC(C3)CC2C4)ccn1.[Pt]. The first-order chi connectivity index (χ1) is 29.0. The molecule has 4 saturated carbocycles. The Balaban J connectivity index is 0.00000408. The summed E-state index contributed by atoms with van der Waals surface area (Å²) in [6, 6.07) is 63.3. The smallest absolute Gasteiger partial charge is 0.135 e. The fourth-order valence-electron chi connectivity index (χ4n) is 12.2. The molecule has 0 unspecified atom stereocenters. The Kier molecular flexibility index (Phi) is 8.98. The normalized spacial score (nSPS) is 23.0. The van der Waals surface area contributed by atoms with E-state index in [1.54, 1.807) is 0 Å². The van der Waals surface area contributed by atoms with Gasteiger partial charge in [-0.05, 0) is 120 Å². The van der Waals surface area contributed by atoms with Gasteiger partial charge < -0.3 is 14.4 Å². The average Bonchev–Trinajstić information content (AvgIpc) is 3.83. The summed E-state index contributed by atoms with van der Waals surface area (Å²) in [4.78, 5) is 9.72. The minimum atomic E-state index is -0.392. The zero-order valence-corrected chi connectivity index (χ0v) is 36.3. The van der Waals surface area contributed by atoms with Gasteiger partial charge in [-0.3, -0.25) is 0 Å². The van der Waals surface area contributed by atoms with Gasteiger partial charge in [0.15, 0.2) is 0 Å². The van der Waals surface area contributed by atoms with Crippen LogP contribution in [0.15, 0.2) is 158 Å². The van der Waals surface area contributed by atoms with Crippen LogP contribution in [0.2, 0.25) is 0 Å². The molecule has 8 aromatic rings. The van der Waals surface area contributed by atoms with Crippen molar-refractivity contribution in [2.75, 3.05) is 9.80 Å². The molecule has 6 aromatic carbocycles. The van der Waals surface area contributed by atoms with Gasteiger partial charge in [-0.15, -0.1) is 17.7 Å². The van der Waals surface area contributed by atoms with E-state index in [1.165, 1.54) is 54.0 Å². The molecule has 0 spiro atoms. The summed E-state index contributed by atoms with van der Waals surface area (Å²) in [6.07, 6.45) is 8.89. The fourth-order valence-corrected chi connectivity index (χ4v) is 12.2. The molecule has 4 fully saturated rings. The molecule has 4 nitrogen and oxygen atoms in total. The van der Waals surface area contributed by atoms with Crippen LogP contribution in [0.25, 0.3) is 27.6 Å². The Morgan fingerprint density at radius 3 is 2.00 bits per heavy atom. The minimum absolute atomic E-state index is 0. The maximum atomic E-state index is 5.20. The monoisotopic (exact) mass is 958 g/mol. The van der Waals surface area contributed by atoms with Crippen molar-refractivity contribution in [3.63, 3.8) is 0 Å². The Morgan fingerprint density at radius 1 is 0.600 bits per heavy atom. The Morgan fingerprint density at radius 2 is 1.25 bits per heavy atom. The maximum absolute atomic E-state index is 5.20. The minimum Gasteiger partial charge on any atom is -0.493 e. The van der Waals surface area contributed by atoms with Crippen molar-refractivity contribution >= 4 is 44.6 Å². The van der Waals surface area contributed by atoms with Crippen LogP contribution in [0.3, 0.4) is 0 Å². The molecule has 0 N–H and O–H groups in total. The molecule has 0 amide bonds. The van der Waals surface area contributed by atoms with E-state index >= 15 is 0 Å². The molecule has 0 radical (unpaired) electrons. The topological polar surface area (TPSA) is 24.3 Å². The van der Waals surface area contributed by atoms with Crippen LogP contribution >= 0.6 is 0 Å². The van der Waals surface area contributed by atoms with Crippen molar-refractivity contribution < 1.29 is 21.1 Å². The van der Waals surface area contributed by atoms with Gasteiger partial charge in [-0.2, -0.15) is 53.6 Å². The quantitative estimate of drug-likeness (QED) is 0.149. The number of hydrogen-bond acceptors (Lipinski definition) is 3. The predicted molar refractivity (Wildman–Crippen MR) is 241 cm³/mol. The van der Waals surface area contributed by atoms with Gasteiger partial charge in [0.05, 0.1) is 0 Å². The first-order valence-corrected chi connectivity index (χ1v) is 21.6. The molecule has 4 bridgehead atoms. The number of rotatable bonds is 7. The van der Waals surface area contributed by atoms with Crippen LogP contribution in [-0.4, -0.2) is 9.55 Å². The standard InChI is InChI=1S/C55H47N4.Pt/c1-54(2,40-16-13-19-46(33-40)58-36-57(45-17-7-4-8-18-45)50-22-11-12-23-51(50)58)41-24-25-48-47-20-9-10-21-49(47)59(52(48)34-41)53-35-42(26-27-56-53)55(39-14-5-3-6-15-39)43-29-37-28-38(31-43)32-44(55)30-37;/h3-27,35-38,43-44H,28-32H2,1-2H3;/q-3;. The molecule has 3 heterocycles. The second-order valence-corrected chi connectivity index (χ2v) is 18.2. The van der Waals surface area contributed by atoms with Crippen LogP contribution in [0.5, 0.6) is 0 Å². The van der Waals surface area contributed by atoms with Crippen LogP contribution in [0, 0.1) is 42.5 Å². The summed E-state index contributed by atoms with van der Waals surface area (Å²) < 4.78 is 2.39. The van der Waals surface area contributed by atoms with Crippen molar-refractivity contribution in [3.05, 3.63) is 199 Å². The summed E-state index contributed by atoms with van der Waals surface area (Å²) in [7, 11) is 0. The first kappa shape index (κ1) is 37.6. The fraction of sp³-hybridized carbons (Fsp3) is 0.236. The summed E-state index contributed by atoms with van der Waals surface area (Å²) in [5.74, 6) is 4.07. The number of pyridine rings is 1. The number of benzene rings is 6. The number of para-hydroxylation sites is 4. The number of hydrogen-bond donors (Lipinski definition) is 0.